The normalized spacial score (nSPS) is 20.1. The maximum absolute atomic E-state index is 13.2. The molecule has 0 saturated heterocycles. The first kappa shape index (κ1) is 26.0. The number of fused-ring (bicyclic) bond motifs is 1. The number of furan rings is 2. The maximum Gasteiger partial charge on any atom is 0.316 e. The van der Waals surface area contributed by atoms with Gasteiger partial charge in [-0.05, 0) is 67.3 Å². The molecule has 2 atom stereocenters. The first-order valence-corrected chi connectivity index (χ1v) is 13.6. The molecular weight excluding hydrogens is 559 g/mol. The highest BCUT2D eigenvalue weighted by molar-refractivity contribution is 8.00. The fraction of sp³-hybridized carbons (Fsp3) is 0.269. The summed E-state index contributed by atoms with van der Waals surface area (Å²) in [4.78, 5) is 26.2. The highest BCUT2D eigenvalue weighted by Crippen LogP contribution is 2.44. The van der Waals surface area contributed by atoms with Gasteiger partial charge in [0, 0.05) is 10.8 Å². The Morgan fingerprint density at radius 2 is 1.92 bits per heavy atom. The number of thioether (sulfide) groups is 1. The van der Waals surface area contributed by atoms with E-state index in [1.54, 1.807) is 30.7 Å². The standard InChI is InChI=1S/C26H21Cl3N2O5S/c27-18-8-9-20(24(29)23(18)28)37-14-22(33)36-13-21(32)31-26(19-7-3-11-35-19)17-6-1-4-15(25(17)30-31)12-16-5-2-10-34-16/h2-3,5,7-12,17,26H,1,4,6,13-14H2. The molecule has 2 aliphatic rings. The summed E-state index contributed by atoms with van der Waals surface area (Å²) < 4.78 is 16.4. The van der Waals surface area contributed by atoms with Crippen molar-refractivity contribution in [1.82, 2.24) is 5.01 Å². The number of amides is 1. The van der Waals surface area contributed by atoms with Crippen LogP contribution in [-0.2, 0) is 14.3 Å². The van der Waals surface area contributed by atoms with Crippen molar-refractivity contribution in [2.45, 2.75) is 30.2 Å². The number of hydrogen-bond acceptors (Lipinski definition) is 7. The second kappa shape index (κ2) is 11.4. The Labute approximate surface area is 232 Å². The molecule has 1 amide bonds. The lowest BCUT2D eigenvalue weighted by molar-refractivity contribution is -0.151. The van der Waals surface area contributed by atoms with E-state index in [2.05, 4.69) is 0 Å². The average molecular weight is 580 g/mol. The van der Waals surface area contributed by atoms with Gasteiger partial charge in [0.15, 0.2) is 6.61 Å². The second-order valence-corrected chi connectivity index (χ2v) is 10.7. The number of ether oxygens (including phenoxy) is 1. The molecule has 3 heterocycles. The van der Waals surface area contributed by atoms with Crippen molar-refractivity contribution in [1.29, 1.82) is 0 Å². The number of hydrazone groups is 1. The third kappa shape index (κ3) is 5.62. The number of carbonyl (C=O) groups excluding carboxylic acids is 2. The van der Waals surface area contributed by atoms with E-state index in [4.69, 9.17) is 53.5 Å². The first-order valence-electron chi connectivity index (χ1n) is 11.5. The van der Waals surface area contributed by atoms with Gasteiger partial charge in [0.2, 0.25) is 0 Å². The van der Waals surface area contributed by atoms with Gasteiger partial charge in [0.1, 0.15) is 17.6 Å². The number of nitrogens with zero attached hydrogens (tertiary/aromatic N) is 2. The predicted molar refractivity (Wildman–Crippen MR) is 143 cm³/mol. The van der Waals surface area contributed by atoms with Crippen LogP contribution in [0, 0.1) is 5.92 Å². The molecular formula is C26H21Cl3N2O5S. The predicted octanol–water partition coefficient (Wildman–Crippen LogP) is 7.29. The highest BCUT2D eigenvalue weighted by Gasteiger charge is 2.45. The lowest BCUT2D eigenvalue weighted by atomic mass is 9.79. The Hall–Kier alpha value is -2.65. The molecule has 1 aromatic carbocycles. The van der Waals surface area contributed by atoms with Gasteiger partial charge < -0.3 is 13.6 Å². The molecule has 7 nitrogen and oxygen atoms in total. The Balaban J connectivity index is 1.28. The van der Waals surface area contributed by atoms with Crippen LogP contribution < -0.4 is 0 Å². The zero-order valence-electron chi connectivity index (χ0n) is 19.4. The number of allylic oxidation sites excluding steroid dienone is 1. The molecule has 0 N–H and O–H groups in total. The number of rotatable bonds is 7. The van der Waals surface area contributed by atoms with Crippen LogP contribution in [0.2, 0.25) is 15.1 Å². The first-order chi connectivity index (χ1) is 17.9. The van der Waals surface area contributed by atoms with Crippen LogP contribution in [0.25, 0.3) is 6.08 Å². The van der Waals surface area contributed by atoms with E-state index in [9.17, 15) is 9.59 Å². The van der Waals surface area contributed by atoms with Crippen LogP contribution in [0.1, 0.15) is 36.8 Å². The van der Waals surface area contributed by atoms with Gasteiger partial charge in [-0.25, -0.2) is 5.01 Å². The number of esters is 1. The van der Waals surface area contributed by atoms with E-state index < -0.39 is 24.5 Å². The summed E-state index contributed by atoms with van der Waals surface area (Å²) in [7, 11) is 0. The monoisotopic (exact) mass is 578 g/mol. The van der Waals surface area contributed by atoms with Crippen LogP contribution in [0.5, 0.6) is 0 Å². The summed E-state index contributed by atoms with van der Waals surface area (Å²) in [6.45, 7) is -0.452. The molecule has 0 bridgehead atoms. The van der Waals surface area contributed by atoms with Gasteiger partial charge in [-0.2, -0.15) is 5.10 Å². The van der Waals surface area contributed by atoms with E-state index >= 15 is 0 Å². The summed E-state index contributed by atoms with van der Waals surface area (Å²) in [6.07, 6.45) is 7.77. The molecule has 3 aromatic rings. The fourth-order valence-electron chi connectivity index (χ4n) is 4.50. The minimum absolute atomic E-state index is 0.0342. The van der Waals surface area contributed by atoms with Crippen molar-refractivity contribution in [2.75, 3.05) is 12.4 Å². The van der Waals surface area contributed by atoms with Crippen LogP contribution in [0.15, 0.2) is 73.3 Å². The lowest BCUT2D eigenvalue weighted by Crippen LogP contribution is -2.34. The Kier molecular flexibility index (Phi) is 8.00. The van der Waals surface area contributed by atoms with Crippen molar-refractivity contribution < 1.29 is 23.2 Å². The highest BCUT2D eigenvalue weighted by atomic mass is 35.5. The molecule has 11 heteroatoms. The van der Waals surface area contributed by atoms with Crippen LogP contribution in [-0.4, -0.2) is 35.0 Å². The third-order valence-corrected chi connectivity index (χ3v) is 8.59. The molecule has 192 valence electrons. The quantitative estimate of drug-likeness (QED) is 0.166. The number of carbonyl (C=O) groups is 2. The van der Waals surface area contributed by atoms with Gasteiger partial charge >= 0.3 is 5.97 Å². The van der Waals surface area contributed by atoms with Gasteiger partial charge in [-0.15, -0.1) is 11.8 Å². The Morgan fingerprint density at radius 1 is 1.11 bits per heavy atom. The summed E-state index contributed by atoms with van der Waals surface area (Å²) in [5, 5.41) is 6.89. The molecule has 5 rings (SSSR count). The zero-order chi connectivity index (χ0) is 25.9. The van der Waals surface area contributed by atoms with Crippen LogP contribution in [0.3, 0.4) is 0 Å². The zero-order valence-corrected chi connectivity index (χ0v) is 22.4. The molecule has 1 saturated carbocycles. The molecule has 1 fully saturated rings. The van der Waals surface area contributed by atoms with Crippen molar-refractivity contribution in [3.63, 3.8) is 0 Å². The van der Waals surface area contributed by atoms with Crippen molar-refractivity contribution in [3.8, 4) is 0 Å². The fourth-order valence-corrected chi connectivity index (χ4v) is 6.00. The molecule has 2 aromatic heterocycles. The third-order valence-electron chi connectivity index (χ3n) is 6.15. The van der Waals surface area contributed by atoms with E-state index in [-0.39, 0.29) is 21.7 Å². The lowest BCUT2D eigenvalue weighted by Gasteiger charge is -2.27. The summed E-state index contributed by atoms with van der Waals surface area (Å²) in [5.41, 5.74) is 1.85. The van der Waals surface area contributed by atoms with Gasteiger partial charge in [-0.1, -0.05) is 34.8 Å². The van der Waals surface area contributed by atoms with E-state index in [1.165, 1.54) is 5.01 Å². The Bertz CT molecular complexity index is 1350. The van der Waals surface area contributed by atoms with Crippen molar-refractivity contribution in [2.24, 2.45) is 11.0 Å². The molecule has 2 unspecified atom stereocenters. The number of benzene rings is 1. The molecule has 0 radical (unpaired) electrons. The minimum atomic E-state index is -0.572. The summed E-state index contributed by atoms with van der Waals surface area (Å²) in [6, 6.07) is 10.2. The topological polar surface area (TPSA) is 85.3 Å². The summed E-state index contributed by atoms with van der Waals surface area (Å²) in [5.74, 6) is 0.260. The molecule has 1 aliphatic carbocycles. The van der Waals surface area contributed by atoms with Gasteiger partial charge in [-0.3, -0.25) is 9.59 Å². The smallest absolute Gasteiger partial charge is 0.316 e. The largest absolute Gasteiger partial charge is 0.467 e. The number of halogens is 3. The van der Waals surface area contributed by atoms with E-state index in [0.29, 0.717) is 15.7 Å². The molecule has 1 aliphatic heterocycles. The van der Waals surface area contributed by atoms with Gasteiger partial charge in [0.25, 0.3) is 5.91 Å². The van der Waals surface area contributed by atoms with Crippen LogP contribution >= 0.6 is 46.6 Å². The molecule has 0 spiro atoms. The van der Waals surface area contributed by atoms with Gasteiger partial charge in [0.05, 0.1) is 39.1 Å². The summed E-state index contributed by atoms with van der Waals surface area (Å²) >= 11 is 19.3. The van der Waals surface area contributed by atoms with E-state index in [1.807, 2.05) is 24.3 Å². The van der Waals surface area contributed by atoms with E-state index in [0.717, 1.165) is 48.1 Å². The molecule has 37 heavy (non-hydrogen) atoms. The van der Waals surface area contributed by atoms with Crippen molar-refractivity contribution in [3.05, 3.63) is 81.1 Å². The Morgan fingerprint density at radius 3 is 2.68 bits per heavy atom. The maximum atomic E-state index is 13.2. The average Bonchev–Trinajstić information content (AvgIpc) is 3.66. The SMILES string of the molecule is O=C(CSc1ccc(Cl)c(Cl)c1Cl)OCC(=O)N1N=C2C(=Cc3ccco3)CCCC2C1c1ccco1. The minimum Gasteiger partial charge on any atom is -0.467 e. The van der Waals surface area contributed by atoms with Crippen molar-refractivity contribution >= 4 is 70.2 Å². The van der Waals surface area contributed by atoms with Crippen LogP contribution in [0.4, 0.5) is 0 Å². The number of hydrogen-bond donors (Lipinski definition) is 0. The second-order valence-electron chi connectivity index (χ2n) is 8.49.